The second kappa shape index (κ2) is 7.62. The Bertz CT molecular complexity index is 412. The first-order valence-electron chi connectivity index (χ1n) is 6.21. The number of rotatable bonds is 4. The van der Waals surface area contributed by atoms with Gasteiger partial charge in [0, 0.05) is 20.8 Å². The molecule has 0 aliphatic carbocycles. The average Bonchev–Trinajstić information content (AvgIpc) is 2.35. The van der Waals surface area contributed by atoms with Crippen molar-refractivity contribution in [1.29, 1.82) is 0 Å². The maximum absolute atomic E-state index is 11.2. The summed E-state index contributed by atoms with van der Waals surface area (Å²) in [4.78, 5) is 33.2. The smallest absolute Gasteiger partial charge is 0.303 e. The van der Waals surface area contributed by atoms with E-state index in [-0.39, 0.29) is 6.61 Å². The van der Waals surface area contributed by atoms with E-state index < -0.39 is 46.9 Å². The van der Waals surface area contributed by atoms with Crippen LogP contribution >= 0.6 is 11.8 Å². The van der Waals surface area contributed by atoms with Gasteiger partial charge in [-0.15, -0.1) is 11.8 Å². The van der Waals surface area contributed by atoms with Crippen molar-refractivity contribution in [2.45, 2.75) is 49.8 Å². The fourth-order valence-corrected chi connectivity index (χ4v) is 3.09. The van der Waals surface area contributed by atoms with Gasteiger partial charge in [0.25, 0.3) is 0 Å². The Morgan fingerprint density at radius 2 is 1.48 bits per heavy atom. The maximum atomic E-state index is 11.2. The molecule has 1 rings (SSSR count). The fourth-order valence-electron chi connectivity index (χ4n) is 1.90. The first-order valence-corrected chi connectivity index (χ1v) is 7.16. The summed E-state index contributed by atoms with van der Waals surface area (Å²) in [6, 6.07) is 0. The van der Waals surface area contributed by atoms with Crippen LogP contribution in [0.15, 0.2) is 0 Å². The normalized spacial score (nSPS) is 32.1. The van der Waals surface area contributed by atoms with E-state index in [4.69, 9.17) is 14.2 Å². The maximum Gasteiger partial charge on any atom is 0.303 e. The Morgan fingerprint density at radius 3 is 1.95 bits per heavy atom. The molecular weight excluding hydrogens is 304 g/mol. The zero-order valence-electron chi connectivity index (χ0n) is 11.8. The van der Waals surface area contributed by atoms with E-state index in [0.29, 0.717) is 0 Å². The minimum atomic E-state index is -1.42. The summed E-state index contributed by atoms with van der Waals surface area (Å²) in [5, 5.41) is 19.0. The predicted molar refractivity (Wildman–Crippen MR) is 71.1 cm³/mol. The van der Waals surface area contributed by atoms with Crippen molar-refractivity contribution in [3.05, 3.63) is 0 Å². The minimum absolute atomic E-state index is 0.153. The van der Waals surface area contributed by atoms with Gasteiger partial charge < -0.3 is 24.4 Å². The average molecular weight is 322 g/mol. The van der Waals surface area contributed by atoms with Crippen LogP contribution < -0.4 is 0 Å². The summed E-state index contributed by atoms with van der Waals surface area (Å²) in [5.74, 6) is -1.88. The molecule has 0 unspecified atom stereocenters. The third-order valence-electron chi connectivity index (χ3n) is 2.69. The highest BCUT2D eigenvalue weighted by molar-refractivity contribution is 8.00. The molecule has 120 valence electrons. The summed E-state index contributed by atoms with van der Waals surface area (Å²) >= 11 is 0.877. The molecule has 1 fully saturated rings. The lowest BCUT2D eigenvalue weighted by atomic mass is 10.0. The van der Waals surface area contributed by atoms with Crippen LogP contribution in [-0.2, 0) is 28.6 Å². The second-order valence-corrected chi connectivity index (χ2v) is 5.87. The molecule has 1 saturated heterocycles. The van der Waals surface area contributed by atoms with Gasteiger partial charge in [0.05, 0.1) is 5.25 Å². The van der Waals surface area contributed by atoms with E-state index in [9.17, 15) is 24.6 Å². The Balaban J connectivity index is 2.94. The van der Waals surface area contributed by atoms with E-state index in [2.05, 4.69) is 0 Å². The van der Waals surface area contributed by atoms with Gasteiger partial charge >= 0.3 is 17.9 Å². The standard InChI is InChI=1S/C12H18O8S/c1-5(13)18-4-8-10(19-6(2)14)11(20-7(3)15)9(16)12(17)21-8/h8-12,16-17H,4H2,1-3H3/t8-,9+,10+,11+,12-/m0/s1. The van der Waals surface area contributed by atoms with Crippen LogP contribution in [0.1, 0.15) is 20.8 Å². The molecule has 5 atom stereocenters. The van der Waals surface area contributed by atoms with E-state index in [1.54, 1.807) is 0 Å². The van der Waals surface area contributed by atoms with Gasteiger partial charge in [-0.05, 0) is 0 Å². The van der Waals surface area contributed by atoms with Crippen LogP contribution in [0, 0.1) is 0 Å². The molecule has 0 aromatic heterocycles. The zero-order valence-corrected chi connectivity index (χ0v) is 12.7. The lowest BCUT2D eigenvalue weighted by molar-refractivity contribution is -0.181. The largest absolute Gasteiger partial charge is 0.465 e. The van der Waals surface area contributed by atoms with Gasteiger partial charge in [-0.25, -0.2) is 0 Å². The van der Waals surface area contributed by atoms with Crippen molar-refractivity contribution >= 4 is 29.7 Å². The van der Waals surface area contributed by atoms with Gasteiger partial charge in [0.1, 0.15) is 18.1 Å². The Labute approximate surface area is 125 Å². The van der Waals surface area contributed by atoms with E-state index in [0.717, 1.165) is 25.6 Å². The molecule has 9 heteroatoms. The van der Waals surface area contributed by atoms with Crippen molar-refractivity contribution in [3.8, 4) is 0 Å². The van der Waals surface area contributed by atoms with Crippen LogP contribution in [0.3, 0.4) is 0 Å². The number of ether oxygens (including phenoxy) is 3. The van der Waals surface area contributed by atoms with Crippen LogP contribution in [-0.4, -0.2) is 63.7 Å². The molecule has 0 saturated carbocycles. The lowest BCUT2D eigenvalue weighted by Crippen LogP contribution is -2.57. The Hall–Kier alpha value is -1.32. The number of hydrogen-bond donors (Lipinski definition) is 2. The molecule has 8 nitrogen and oxygen atoms in total. The third-order valence-corrected chi connectivity index (χ3v) is 4.00. The van der Waals surface area contributed by atoms with Gasteiger partial charge in [0.15, 0.2) is 12.2 Å². The van der Waals surface area contributed by atoms with Gasteiger partial charge in [-0.1, -0.05) is 0 Å². The minimum Gasteiger partial charge on any atom is -0.465 e. The molecule has 0 aromatic rings. The second-order valence-electron chi connectivity index (χ2n) is 4.51. The Kier molecular flexibility index (Phi) is 6.43. The number of thioether (sulfide) groups is 1. The highest BCUT2D eigenvalue weighted by Gasteiger charge is 2.48. The quantitative estimate of drug-likeness (QED) is 0.506. The van der Waals surface area contributed by atoms with E-state index in [1.165, 1.54) is 6.92 Å². The van der Waals surface area contributed by atoms with Crippen LogP contribution in [0.2, 0.25) is 0 Å². The first kappa shape index (κ1) is 17.7. The topological polar surface area (TPSA) is 119 Å². The molecule has 1 aliphatic heterocycles. The van der Waals surface area contributed by atoms with Crippen molar-refractivity contribution in [3.63, 3.8) is 0 Å². The molecule has 0 aromatic carbocycles. The molecule has 0 amide bonds. The molecule has 0 spiro atoms. The van der Waals surface area contributed by atoms with E-state index in [1.807, 2.05) is 0 Å². The van der Waals surface area contributed by atoms with Crippen LogP contribution in [0.5, 0.6) is 0 Å². The molecule has 1 aliphatic rings. The SMILES string of the molecule is CC(=O)OC[C@@H]1S[C@H](O)[C@H](O)[C@@H](OC(C)=O)[C@@H]1OC(C)=O. The lowest BCUT2D eigenvalue weighted by Gasteiger charge is -2.40. The molecule has 0 bridgehead atoms. The number of esters is 3. The fraction of sp³-hybridized carbons (Fsp3) is 0.750. The summed E-state index contributed by atoms with van der Waals surface area (Å²) in [7, 11) is 0. The van der Waals surface area contributed by atoms with Gasteiger partial charge in [-0.2, -0.15) is 0 Å². The third kappa shape index (κ3) is 5.18. The van der Waals surface area contributed by atoms with Crippen LogP contribution in [0.25, 0.3) is 0 Å². The predicted octanol–water partition coefficient (Wildman–Crippen LogP) is -0.792. The molecule has 0 radical (unpaired) electrons. The number of aliphatic hydroxyl groups is 2. The summed E-state index contributed by atoms with van der Waals surface area (Å²) in [5.41, 5.74) is -1.26. The summed E-state index contributed by atoms with van der Waals surface area (Å²) in [6.07, 6.45) is -3.69. The Morgan fingerprint density at radius 1 is 0.952 bits per heavy atom. The molecular formula is C12H18O8S. The molecule has 21 heavy (non-hydrogen) atoms. The van der Waals surface area contributed by atoms with Crippen LogP contribution in [0.4, 0.5) is 0 Å². The summed E-state index contributed by atoms with van der Waals surface area (Å²) in [6.45, 7) is 3.35. The van der Waals surface area contributed by atoms with Gasteiger partial charge in [0.2, 0.25) is 0 Å². The zero-order chi connectivity index (χ0) is 16.2. The number of aliphatic hydroxyl groups excluding tert-OH is 2. The van der Waals surface area contributed by atoms with E-state index >= 15 is 0 Å². The highest BCUT2D eigenvalue weighted by Crippen LogP contribution is 2.35. The monoisotopic (exact) mass is 322 g/mol. The van der Waals surface area contributed by atoms with Gasteiger partial charge in [-0.3, -0.25) is 14.4 Å². The number of hydrogen-bond acceptors (Lipinski definition) is 9. The van der Waals surface area contributed by atoms with Crippen molar-refractivity contribution in [1.82, 2.24) is 0 Å². The number of carbonyl (C=O) groups excluding carboxylic acids is 3. The van der Waals surface area contributed by atoms with Crippen molar-refractivity contribution in [2.24, 2.45) is 0 Å². The first-order chi connectivity index (χ1) is 9.72. The van der Waals surface area contributed by atoms with Crippen molar-refractivity contribution in [2.75, 3.05) is 6.61 Å². The van der Waals surface area contributed by atoms with Crippen molar-refractivity contribution < 1.29 is 38.8 Å². The summed E-state index contributed by atoms with van der Waals surface area (Å²) < 4.78 is 14.9. The highest BCUT2D eigenvalue weighted by atomic mass is 32.2. The molecule has 1 heterocycles. The number of carbonyl (C=O) groups is 3. The molecule has 2 N–H and O–H groups in total.